The summed E-state index contributed by atoms with van der Waals surface area (Å²) in [5, 5.41) is 3.47. The van der Waals surface area contributed by atoms with Crippen LogP contribution in [0.5, 0.6) is 11.6 Å². The van der Waals surface area contributed by atoms with E-state index in [4.69, 9.17) is 9.47 Å². The zero-order valence-electron chi connectivity index (χ0n) is 13.0. The van der Waals surface area contributed by atoms with Crippen molar-refractivity contribution in [1.29, 1.82) is 0 Å². The van der Waals surface area contributed by atoms with Gasteiger partial charge in [0.1, 0.15) is 5.75 Å². The molecule has 1 N–H and O–H groups in total. The molecule has 1 aromatic heterocycles. The highest BCUT2D eigenvalue weighted by molar-refractivity contribution is 5.38. The van der Waals surface area contributed by atoms with Crippen LogP contribution in [0, 0.1) is 6.92 Å². The second-order valence-corrected chi connectivity index (χ2v) is 5.02. The first-order chi connectivity index (χ1) is 10.1. The van der Waals surface area contributed by atoms with Gasteiger partial charge in [-0.2, -0.15) is 0 Å². The van der Waals surface area contributed by atoms with E-state index in [9.17, 15) is 0 Å². The molecule has 2 aromatic rings. The number of methoxy groups -OCH3 is 2. The van der Waals surface area contributed by atoms with Crippen LogP contribution in [0.2, 0.25) is 0 Å². The Balaban J connectivity index is 2.07. The lowest BCUT2D eigenvalue weighted by atomic mass is 10.0. The summed E-state index contributed by atoms with van der Waals surface area (Å²) in [4.78, 5) is 4.40. The Morgan fingerprint density at radius 3 is 2.67 bits per heavy atom. The third kappa shape index (κ3) is 3.95. The summed E-state index contributed by atoms with van der Waals surface area (Å²) in [6, 6.07) is 12.2. The summed E-state index contributed by atoms with van der Waals surface area (Å²) in [7, 11) is 3.32. The number of nitrogens with one attached hydrogen (secondary N) is 1. The van der Waals surface area contributed by atoms with Crippen LogP contribution in [-0.4, -0.2) is 19.2 Å². The standard InChI is InChI=1S/C17H22N2O2/c1-12-8-9-16(20-3)15(10-12)13(2)18-11-14-6-5-7-17(19-14)21-4/h5-10,13,18H,11H2,1-4H3. The molecule has 1 heterocycles. The largest absolute Gasteiger partial charge is 0.496 e. The van der Waals surface area contributed by atoms with Gasteiger partial charge >= 0.3 is 0 Å². The first-order valence-corrected chi connectivity index (χ1v) is 7.02. The van der Waals surface area contributed by atoms with E-state index >= 15 is 0 Å². The molecular weight excluding hydrogens is 264 g/mol. The number of pyridine rings is 1. The quantitative estimate of drug-likeness (QED) is 0.885. The lowest BCUT2D eigenvalue weighted by Crippen LogP contribution is -2.19. The van der Waals surface area contributed by atoms with Gasteiger partial charge in [-0.05, 0) is 26.0 Å². The van der Waals surface area contributed by atoms with Crippen molar-refractivity contribution in [3.8, 4) is 11.6 Å². The number of ether oxygens (including phenoxy) is 2. The normalized spacial score (nSPS) is 12.0. The molecule has 2 rings (SSSR count). The molecule has 0 amide bonds. The zero-order valence-corrected chi connectivity index (χ0v) is 13.0. The summed E-state index contributed by atoms with van der Waals surface area (Å²) < 4.78 is 10.6. The maximum atomic E-state index is 5.43. The smallest absolute Gasteiger partial charge is 0.213 e. The van der Waals surface area contributed by atoms with E-state index in [0.717, 1.165) is 17.0 Å². The third-order valence-electron chi connectivity index (χ3n) is 3.43. The van der Waals surface area contributed by atoms with Crippen molar-refractivity contribution in [2.75, 3.05) is 14.2 Å². The van der Waals surface area contributed by atoms with E-state index in [2.05, 4.69) is 36.3 Å². The summed E-state index contributed by atoms with van der Waals surface area (Å²) in [5.41, 5.74) is 3.33. The predicted octanol–water partition coefficient (Wildman–Crippen LogP) is 3.26. The van der Waals surface area contributed by atoms with E-state index < -0.39 is 0 Å². The monoisotopic (exact) mass is 286 g/mol. The Morgan fingerprint density at radius 2 is 1.95 bits per heavy atom. The summed E-state index contributed by atoms with van der Waals surface area (Å²) in [6.07, 6.45) is 0. The minimum absolute atomic E-state index is 0.174. The number of benzene rings is 1. The van der Waals surface area contributed by atoms with E-state index in [1.54, 1.807) is 14.2 Å². The molecule has 0 aliphatic carbocycles. The number of aromatic nitrogens is 1. The Hall–Kier alpha value is -2.07. The highest BCUT2D eigenvalue weighted by atomic mass is 16.5. The zero-order chi connectivity index (χ0) is 15.2. The number of nitrogens with zero attached hydrogens (tertiary/aromatic N) is 1. The van der Waals surface area contributed by atoms with Gasteiger partial charge in [-0.25, -0.2) is 4.98 Å². The molecular formula is C17H22N2O2. The molecule has 112 valence electrons. The van der Waals surface area contributed by atoms with Crippen LogP contribution in [-0.2, 0) is 6.54 Å². The van der Waals surface area contributed by atoms with E-state index in [-0.39, 0.29) is 6.04 Å². The highest BCUT2D eigenvalue weighted by Crippen LogP contribution is 2.26. The maximum Gasteiger partial charge on any atom is 0.213 e. The van der Waals surface area contributed by atoms with Gasteiger partial charge in [0, 0.05) is 24.2 Å². The molecule has 0 saturated heterocycles. The second kappa shape index (κ2) is 7.09. The van der Waals surface area contributed by atoms with Crippen molar-refractivity contribution >= 4 is 0 Å². The molecule has 4 heteroatoms. The van der Waals surface area contributed by atoms with E-state index in [1.807, 2.05) is 24.3 Å². The molecule has 0 saturated carbocycles. The Morgan fingerprint density at radius 1 is 1.14 bits per heavy atom. The topological polar surface area (TPSA) is 43.4 Å². The van der Waals surface area contributed by atoms with Gasteiger partial charge in [0.25, 0.3) is 0 Å². The molecule has 1 unspecified atom stereocenters. The molecule has 0 fully saturated rings. The Labute approximate surface area is 126 Å². The van der Waals surface area contributed by atoms with Crippen molar-refractivity contribution < 1.29 is 9.47 Å². The molecule has 1 aromatic carbocycles. The van der Waals surface area contributed by atoms with Crippen LogP contribution >= 0.6 is 0 Å². The van der Waals surface area contributed by atoms with Crippen LogP contribution < -0.4 is 14.8 Å². The fraction of sp³-hybridized carbons (Fsp3) is 0.353. The molecule has 4 nitrogen and oxygen atoms in total. The summed E-state index contributed by atoms with van der Waals surface area (Å²) in [6.45, 7) is 4.88. The van der Waals surface area contributed by atoms with Gasteiger partial charge in [-0.1, -0.05) is 23.8 Å². The predicted molar refractivity (Wildman–Crippen MR) is 83.8 cm³/mol. The molecule has 0 bridgehead atoms. The average Bonchev–Trinajstić information content (AvgIpc) is 2.52. The van der Waals surface area contributed by atoms with Crippen LogP contribution in [0.4, 0.5) is 0 Å². The number of aryl methyl sites for hydroxylation is 1. The molecule has 0 aliphatic rings. The Bertz CT molecular complexity index is 599. The molecule has 0 radical (unpaired) electrons. The van der Waals surface area contributed by atoms with Crippen LogP contribution in [0.3, 0.4) is 0 Å². The lowest BCUT2D eigenvalue weighted by molar-refractivity contribution is 0.393. The van der Waals surface area contributed by atoms with Crippen LogP contribution in [0.1, 0.15) is 29.8 Å². The number of hydrogen-bond acceptors (Lipinski definition) is 4. The van der Waals surface area contributed by atoms with Crippen LogP contribution in [0.25, 0.3) is 0 Å². The van der Waals surface area contributed by atoms with Crippen LogP contribution in [0.15, 0.2) is 36.4 Å². The van der Waals surface area contributed by atoms with Gasteiger partial charge in [0.05, 0.1) is 19.9 Å². The number of rotatable bonds is 6. The molecule has 0 spiro atoms. The number of hydrogen-bond donors (Lipinski definition) is 1. The first kappa shape index (κ1) is 15.3. The first-order valence-electron chi connectivity index (χ1n) is 7.02. The average molecular weight is 286 g/mol. The van der Waals surface area contributed by atoms with Crippen molar-refractivity contribution in [3.63, 3.8) is 0 Å². The molecule has 0 aliphatic heterocycles. The van der Waals surface area contributed by atoms with Gasteiger partial charge in [-0.15, -0.1) is 0 Å². The lowest BCUT2D eigenvalue weighted by Gasteiger charge is -2.18. The minimum Gasteiger partial charge on any atom is -0.496 e. The SMILES string of the molecule is COc1cccc(CNC(C)c2cc(C)ccc2OC)n1. The van der Waals surface area contributed by atoms with Gasteiger partial charge in [0.2, 0.25) is 5.88 Å². The highest BCUT2D eigenvalue weighted by Gasteiger charge is 2.11. The third-order valence-corrected chi connectivity index (χ3v) is 3.43. The maximum absolute atomic E-state index is 5.43. The molecule has 21 heavy (non-hydrogen) atoms. The summed E-state index contributed by atoms with van der Waals surface area (Å²) >= 11 is 0. The second-order valence-electron chi connectivity index (χ2n) is 5.02. The van der Waals surface area contributed by atoms with Gasteiger partial charge < -0.3 is 14.8 Å². The fourth-order valence-electron chi connectivity index (χ4n) is 2.23. The van der Waals surface area contributed by atoms with Gasteiger partial charge in [0.15, 0.2) is 0 Å². The van der Waals surface area contributed by atoms with Crippen molar-refractivity contribution in [3.05, 3.63) is 53.2 Å². The summed E-state index contributed by atoms with van der Waals surface area (Å²) in [5.74, 6) is 1.54. The van der Waals surface area contributed by atoms with E-state index in [0.29, 0.717) is 12.4 Å². The van der Waals surface area contributed by atoms with Crippen molar-refractivity contribution in [2.24, 2.45) is 0 Å². The molecule has 1 atom stereocenters. The minimum atomic E-state index is 0.174. The van der Waals surface area contributed by atoms with E-state index in [1.165, 1.54) is 5.56 Å². The van der Waals surface area contributed by atoms with Gasteiger partial charge in [-0.3, -0.25) is 0 Å². The van der Waals surface area contributed by atoms with Crippen molar-refractivity contribution in [1.82, 2.24) is 10.3 Å². The fourth-order valence-corrected chi connectivity index (χ4v) is 2.23. The Kier molecular flexibility index (Phi) is 5.17. The van der Waals surface area contributed by atoms with Crippen molar-refractivity contribution in [2.45, 2.75) is 26.4 Å².